The van der Waals surface area contributed by atoms with Gasteiger partial charge >= 0.3 is 0 Å². The summed E-state index contributed by atoms with van der Waals surface area (Å²) in [4.78, 5) is 17.1. The topological polar surface area (TPSA) is 79.4 Å². The molecular weight excluding hydrogens is 237 g/mol. The number of aromatic nitrogens is 1. The summed E-state index contributed by atoms with van der Waals surface area (Å²) in [6.45, 7) is 2.72. The third-order valence-corrected chi connectivity index (χ3v) is 3.37. The molecule has 2 rings (SSSR count). The molecule has 0 radical (unpaired) electrons. The number of carbonyl (C=O) groups excluding carboxylic acids is 1. The standard InChI is InChI=1S/C12H16FN3O2/c1-8-6-9(13)7-15-10(8)16-4-2-12(18,3-5-16)11(14)17/h6-7,18H,2-5H2,1H3,(H2,14,17). The second kappa shape index (κ2) is 4.53. The molecule has 0 atom stereocenters. The van der Waals surface area contributed by atoms with Crippen LogP contribution < -0.4 is 10.6 Å². The first-order chi connectivity index (χ1) is 8.42. The highest BCUT2D eigenvalue weighted by atomic mass is 19.1. The van der Waals surface area contributed by atoms with Crippen LogP contribution in [0.2, 0.25) is 0 Å². The quantitative estimate of drug-likeness (QED) is 0.797. The highest BCUT2D eigenvalue weighted by Gasteiger charge is 2.38. The van der Waals surface area contributed by atoms with E-state index in [0.717, 1.165) is 11.8 Å². The van der Waals surface area contributed by atoms with Gasteiger partial charge in [-0.15, -0.1) is 0 Å². The minimum Gasteiger partial charge on any atom is -0.380 e. The number of nitrogens with two attached hydrogens (primary N) is 1. The van der Waals surface area contributed by atoms with Crippen molar-refractivity contribution in [1.82, 2.24) is 4.98 Å². The minimum atomic E-state index is -1.43. The minimum absolute atomic E-state index is 0.265. The summed E-state index contributed by atoms with van der Waals surface area (Å²) in [6.07, 6.45) is 1.69. The van der Waals surface area contributed by atoms with Crippen molar-refractivity contribution in [1.29, 1.82) is 0 Å². The molecule has 1 aromatic rings. The second-order valence-electron chi connectivity index (χ2n) is 4.68. The normalized spacial score (nSPS) is 18.7. The Morgan fingerprint density at radius 3 is 2.67 bits per heavy atom. The van der Waals surface area contributed by atoms with Crippen molar-refractivity contribution in [3.05, 3.63) is 23.6 Å². The zero-order chi connectivity index (χ0) is 13.3. The molecule has 6 heteroatoms. The van der Waals surface area contributed by atoms with Crippen LogP contribution in [0.4, 0.5) is 10.2 Å². The van der Waals surface area contributed by atoms with Crippen LogP contribution in [0.5, 0.6) is 0 Å². The average Bonchev–Trinajstić information content (AvgIpc) is 2.31. The van der Waals surface area contributed by atoms with Gasteiger partial charge in [0.05, 0.1) is 6.20 Å². The van der Waals surface area contributed by atoms with Gasteiger partial charge in [0.25, 0.3) is 0 Å². The lowest BCUT2D eigenvalue weighted by Gasteiger charge is -2.37. The van der Waals surface area contributed by atoms with Crippen molar-refractivity contribution in [2.24, 2.45) is 5.73 Å². The predicted octanol–water partition coefficient (Wildman–Crippen LogP) is 0.346. The van der Waals surface area contributed by atoms with E-state index in [-0.39, 0.29) is 18.7 Å². The number of pyridine rings is 1. The van der Waals surface area contributed by atoms with E-state index in [0.29, 0.717) is 18.9 Å². The van der Waals surface area contributed by atoms with E-state index in [1.807, 2.05) is 4.90 Å². The molecule has 3 N–H and O–H groups in total. The summed E-state index contributed by atoms with van der Waals surface area (Å²) >= 11 is 0. The van der Waals surface area contributed by atoms with Gasteiger partial charge in [0.1, 0.15) is 17.2 Å². The van der Waals surface area contributed by atoms with Gasteiger partial charge in [0.2, 0.25) is 5.91 Å². The molecule has 1 fully saturated rings. The maximum atomic E-state index is 13.0. The Bertz CT molecular complexity index is 470. The fourth-order valence-corrected chi connectivity index (χ4v) is 2.20. The number of aryl methyl sites for hydroxylation is 1. The lowest BCUT2D eigenvalue weighted by molar-refractivity contribution is -0.138. The highest BCUT2D eigenvalue weighted by molar-refractivity contribution is 5.83. The smallest absolute Gasteiger partial charge is 0.249 e. The Labute approximate surface area is 104 Å². The van der Waals surface area contributed by atoms with Gasteiger partial charge in [0.15, 0.2) is 0 Å². The monoisotopic (exact) mass is 253 g/mol. The molecule has 0 bridgehead atoms. The van der Waals surface area contributed by atoms with E-state index in [1.54, 1.807) is 6.92 Å². The number of nitrogens with zero attached hydrogens (tertiary/aromatic N) is 2. The van der Waals surface area contributed by atoms with E-state index >= 15 is 0 Å². The van der Waals surface area contributed by atoms with Gasteiger partial charge in [-0.1, -0.05) is 0 Å². The van der Waals surface area contributed by atoms with Crippen LogP contribution in [0.15, 0.2) is 12.3 Å². The Morgan fingerprint density at radius 1 is 1.56 bits per heavy atom. The number of primary amides is 1. The molecule has 0 aromatic carbocycles. The van der Waals surface area contributed by atoms with Gasteiger partial charge in [-0.2, -0.15) is 0 Å². The Kier molecular flexibility index (Phi) is 3.21. The van der Waals surface area contributed by atoms with Crippen LogP contribution >= 0.6 is 0 Å². The third kappa shape index (κ3) is 2.28. The van der Waals surface area contributed by atoms with E-state index < -0.39 is 11.5 Å². The lowest BCUT2D eigenvalue weighted by atomic mass is 9.90. The molecule has 1 saturated heterocycles. The Morgan fingerprint density at radius 2 is 2.17 bits per heavy atom. The molecule has 0 saturated carbocycles. The molecule has 0 spiro atoms. The van der Waals surface area contributed by atoms with Crippen LogP contribution in [0.1, 0.15) is 18.4 Å². The van der Waals surface area contributed by atoms with Crippen LogP contribution in [0, 0.1) is 12.7 Å². The maximum Gasteiger partial charge on any atom is 0.249 e. The summed E-state index contributed by atoms with van der Waals surface area (Å²) in [7, 11) is 0. The van der Waals surface area contributed by atoms with Crippen LogP contribution in [-0.2, 0) is 4.79 Å². The van der Waals surface area contributed by atoms with Crippen molar-refractivity contribution >= 4 is 11.7 Å². The number of amides is 1. The van der Waals surface area contributed by atoms with Gasteiger partial charge in [-0.3, -0.25) is 4.79 Å². The number of hydrogen-bond donors (Lipinski definition) is 2. The first kappa shape index (κ1) is 12.8. The largest absolute Gasteiger partial charge is 0.380 e. The third-order valence-electron chi connectivity index (χ3n) is 3.37. The SMILES string of the molecule is Cc1cc(F)cnc1N1CCC(O)(C(N)=O)CC1. The van der Waals surface area contributed by atoms with E-state index in [9.17, 15) is 14.3 Å². The predicted molar refractivity (Wildman–Crippen MR) is 64.5 cm³/mol. The van der Waals surface area contributed by atoms with Gasteiger partial charge in [-0.25, -0.2) is 9.37 Å². The first-order valence-electron chi connectivity index (χ1n) is 5.82. The lowest BCUT2D eigenvalue weighted by Crippen LogP contribution is -2.52. The van der Waals surface area contributed by atoms with Crippen molar-refractivity contribution < 1.29 is 14.3 Å². The molecular formula is C12H16FN3O2. The van der Waals surface area contributed by atoms with E-state index in [1.165, 1.54) is 6.07 Å². The number of piperidine rings is 1. The first-order valence-corrected chi connectivity index (χ1v) is 5.82. The Balaban J connectivity index is 2.12. The van der Waals surface area contributed by atoms with Crippen LogP contribution in [-0.4, -0.2) is 34.7 Å². The summed E-state index contributed by atoms with van der Waals surface area (Å²) in [5.74, 6) is -0.379. The number of hydrogen-bond acceptors (Lipinski definition) is 4. The maximum absolute atomic E-state index is 13.0. The molecule has 18 heavy (non-hydrogen) atoms. The summed E-state index contributed by atoms with van der Waals surface area (Å²) < 4.78 is 13.0. The van der Waals surface area contributed by atoms with Crippen molar-refractivity contribution in [2.75, 3.05) is 18.0 Å². The number of rotatable bonds is 2. The zero-order valence-corrected chi connectivity index (χ0v) is 10.2. The van der Waals surface area contributed by atoms with E-state index in [4.69, 9.17) is 5.73 Å². The molecule has 1 amide bonds. The molecule has 1 aromatic heterocycles. The summed E-state index contributed by atoms with van der Waals surface area (Å²) in [6, 6.07) is 1.41. The fourth-order valence-electron chi connectivity index (χ4n) is 2.20. The van der Waals surface area contributed by atoms with Crippen molar-refractivity contribution in [3.63, 3.8) is 0 Å². The molecule has 2 heterocycles. The number of carbonyl (C=O) groups is 1. The van der Waals surface area contributed by atoms with Crippen molar-refractivity contribution in [2.45, 2.75) is 25.4 Å². The molecule has 98 valence electrons. The summed E-state index contributed by atoms with van der Waals surface area (Å²) in [5, 5.41) is 9.95. The summed E-state index contributed by atoms with van der Waals surface area (Å²) in [5.41, 5.74) is 4.47. The molecule has 1 aliphatic rings. The number of aliphatic hydroxyl groups is 1. The number of halogens is 1. The molecule has 1 aliphatic heterocycles. The van der Waals surface area contributed by atoms with Gasteiger partial charge in [-0.05, 0) is 18.6 Å². The fraction of sp³-hybridized carbons (Fsp3) is 0.500. The molecule has 0 aliphatic carbocycles. The molecule has 5 nitrogen and oxygen atoms in total. The van der Waals surface area contributed by atoms with E-state index in [2.05, 4.69) is 4.98 Å². The van der Waals surface area contributed by atoms with Crippen LogP contribution in [0.25, 0.3) is 0 Å². The number of anilines is 1. The molecule has 0 unspecified atom stereocenters. The second-order valence-corrected chi connectivity index (χ2v) is 4.68. The van der Waals surface area contributed by atoms with Crippen LogP contribution in [0.3, 0.4) is 0 Å². The average molecular weight is 253 g/mol. The van der Waals surface area contributed by atoms with Gasteiger partial charge in [0, 0.05) is 25.9 Å². The van der Waals surface area contributed by atoms with Crippen molar-refractivity contribution in [3.8, 4) is 0 Å². The van der Waals surface area contributed by atoms with Gasteiger partial charge < -0.3 is 15.7 Å². The zero-order valence-electron chi connectivity index (χ0n) is 10.2. The highest BCUT2D eigenvalue weighted by Crippen LogP contribution is 2.26. The Hall–Kier alpha value is -1.69.